The smallest absolute Gasteiger partial charge is 0.191 e. The van der Waals surface area contributed by atoms with E-state index in [9.17, 15) is 0 Å². The van der Waals surface area contributed by atoms with E-state index in [2.05, 4.69) is 16.4 Å². The average Bonchev–Trinajstić information content (AvgIpc) is 2.53. The molecule has 76 valence electrons. The molecule has 14 heavy (non-hydrogen) atoms. The number of H-pyrrole nitrogens is 1. The van der Waals surface area contributed by atoms with Crippen LogP contribution < -0.4 is 10.1 Å². The summed E-state index contributed by atoms with van der Waals surface area (Å²) in [5.74, 6) is 0.975. The lowest BCUT2D eigenvalue weighted by Gasteiger charge is -2.26. The van der Waals surface area contributed by atoms with E-state index in [-0.39, 0.29) is 0 Å². The van der Waals surface area contributed by atoms with E-state index < -0.39 is 0 Å². The molecule has 0 saturated carbocycles. The quantitative estimate of drug-likeness (QED) is 0.740. The number of hydrogen-bond donors (Lipinski definition) is 2. The fourth-order valence-electron chi connectivity index (χ4n) is 2.16. The van der Waals surface area contributed by atoms with E-state index in [1.807, 2.05) is 0 Å². The zero-order valence-corrected chi connectivity index (χ0v) is 8.31. The van der Waals surface area contributed by atoms with Crippen molar-refractivity contribution >= 4 is 0 Å². The number of aryl methyl sites for hydroxylation is 2. The van der Waals surface area contributed by atoms with E-state index in [1.54, 1.807) is 0 Å². The monoisotopic (exact) mass is 192 g/mol. The predicted molar refractivity (Wildman–Crippen MR) is 54.7 cm³/mol. The van der Waals surface area contributed by atoms with E-state index in [0.29, 0.717) is 6.10 Å². The Labute approximate surface area is 83.8 Å². The van der Waals surface area contributed by atoms with Crippen molar-refractivity contribution in [1.29, 1.82) is 0 Å². The van der Waals surface area contributed by atoms with Crippen molar-refractivity contribution in [3.8, 4) is 5.88 Å². The molecule has 1 fully saturated rings. The van der Waals surface area contributed by atoms with Gasteiger partial charge in [-0.25, -0.2) is 0 Å². The van der Waals surface area contributed by atoms with Crippen LogP contribution in [0.1, 0.15) is 24.1 Å². The first-order valence-corrected chi connectivity index (χ1v) is 5.50. The zero-order chi connectivity index (χ0) is 9.38. The maximum atomic E-state index is 5.78. The van der Waals surface area contributed by atoms with Crippen LogP contribution in [0.2, 0.25) is 0 Å². The first kappa shape index (κ1) is 8.36. The van der Waals surface area contributed by atoms with Crippen LogP contribution >= 0.6 is 0 Å². The second-order valence-corrected chi connectivity index (χ2v) is 4.24. The molecule has 2 N–H and O–H groups in total. The van der Waals surface area contributed by atoms with E-state index in [4.69, 9.17) is 4.74 Å². The summed E-state index contributed by atoms with van der Waals surface area (Å²) in [6.07, 6.45) is 5.45. The summed E-state index contributed by atoms with van der Waals surface area (Å²) in [5.41, 5.74) is 2.87. The zero-order valence-electron chi connectivity index (χ0n) is 8.31. The van der Waals surface area contributed by atoms with Crippen LogP contribution in [-0.2, 0) is 12.8 Å². The van der Waals surface area contributed by atoms with E-state index >= 15 is 0 Å². The second kappa shape index (κ2) is 3.31. The van der Waals surface area contributed by atoms with Crippen molar-refractivity contribution in [3.05, 3.63) is 17.3 Å². The number of aromatic nitrogens is 1. The number of nitrogens with one attached hydrogen (secondary N) is 2. The molecule has 3 heteroatoms. The molecule has 0 spiro atoms. The molecule has 0 radical (unpaired) electrons. The lowest BCUT2D eigenvalue weighted by molar-refractivity contribution is 0.137. The molecule has 2 aliphatic rings. The van der Waals surface area contributed by atoms with Crippen molar-refractivity contribution < 1.29 is 4.74 Å². The summed E-state index contributed by atoms with van der Waals surface area (Å²) in [7, 11) is 0. The largest absolute Gasteiger partial charge is 0.473 e. The predicted octanol–water partition coefficient (Wildman–Crippen LogP) is 1.24. The fraction of sp³-hybridized carbons (Fsp3) is 0.636. The highest BCUT2D eigenvalue weighted by Crippen LogP contribution is 2.25. The SMILES string of the molecule is c1c(OC2CNC2)[nH]c2c1CCCC2. The maximum absolute atomic E-state index is 5.78. The van der Waals surface area contributed by atoms with Gasteiger partial charge < -0.3 is 15.0 Å². The van der Waals surface area contributed by atoms with Crippen LogP contribution in [0, 0.1) is 0 Å². The van der Waals surface area contributed by atoms with Gasteiger partial charge in [-0.1, -0.05) is 0 Å². The Kier molecular flexibility index (Phi) is 1.98. The number of hydrogen-bond acceptors (Lipinski definition) is 2. The number of aromatic amines is 1. The lowest BCUT2D eigenvalue weighted by Crippen LogP contribution is -2.50. The molecule has 1 aromatic heterocycles. The minimum atomic E-state index is 0.384. The molecular formula is C11H16N2O. The number of ether oxygens (including phenoxy) is 1. The van der Waals surface area contributed by atoms with Gasteiger partial charge in [0.05, 0.1) is 0 Å². The molecule has 3 rings (SSSR count). The van der Waals surface area contributed by atoms with Gasteiger partial charge in [-0.3, -0.25) is 0 Å². The summed E-state index contributed by atoms with van der Waals surface area (Å²) < 4.78 is 5.78. The van der Waals surface area contributed by atoms with Crippen LogP contribution in [-0.4, -0.2) is 24.2 Å². The topological polar surface area (TPSA) is 37.0 Å². The summed E-state index contributed by atoms with van der Waals surface area (Å²) in [6, 6.07) is 2.19. The molecule has 0 amide bonds. The van der Waals surface area contributed by atoms with Gasteiger partial charge in [0.15, 0.2) is 5.88 Å². The molecule has 1 aliphatic heterocycles. The second-order valence-electron chi connectivity index (χ2n) is 4.24. The molecule has 1 aliphatic carbocycles. The molecular weight excluding hydrogens is 176 g/mol. The maximum Gasteiger partial charge on any atom is 0.191 e. The summed E-state index contributed by atoms with van der Waals surface area (Å²) in [4.78, 5) is 3.38. The van der Waals surface area contributed by atoms with E-state index in [0.717, 1.165) is 19.0 Å². The molecule has 3 nitrogen and oxygen atoms in total. The van der Waals surface area contributed by atoms with Gasteiger partial charge in [-0.15, -0.1) is 0 Å². The van der Waals surface area contributed by atoms with Gasteiger partial charge in [0.2, 0.25) is 0 Å². The Balaban J connectivity index is 1.74. The average molecular weight is 192 g/mol. The fourth-order valence-corrected chi connectivity index (χ4v) is 2.16. The third-order valence-corrected chi connectivity index (χ3v) is 3.13. The summed E-state index contributed by atoms with van der Waals surface area (Å²) >= 11 is 0. The molecule has 0 atom stereocenters. The Hall–Kier alpha value is -0.960. The highest BCUT2D eigenvalue weighted by molar-refractivity contribution is 5.31. The van der Waals surface area contributed by atoms with Crippen molar-refractivity contribution in [3.63, 3.8) is 0 Å². The summed E-state index contributed by atoms with van der Waals surface area (Å²) in [5, 5.41) is 3.20. The Morgan fingerprint density at radius 3 is 2.79 bits per heavy atom. The Bertz CT molecular complexity index is 305. The van der Waals surface area contributed by atoms with Crippen molar-refractivity contribution in [1.82, 2.24) is 10.3 Å². The van der Waals surface area contributed by atoms with Gasteiger partial charge in [0.1, 0.15) is 6.10 Å². The molecule has 0 unspecified atom stereocenters. The normalized spacial score (nSPS) is 21.4. The minimum absolute atomic E-state index is 0.384. The lowest BCUT2D eigenvalue weighted by atomic mass is 9.98. The van der Waals surface area contributed by atoms with Crippen molar-refractivity contribution in [2.45, 2.75) is 31.8 Å². The van der Waals surface area contributed by atoms with Crippen LogP contribution in [0.15, 0.2) is 6.07 Å². The van der Waals surface area contributed by atoms with Crippen LogP contribution in [0.25, 0.3) is 0 Å². The van der Waals surface area contributed by atoms with Gasteiger partial charge in [-0.2, -0.15) is 0 Å². The molecule has 2 heterocycles. The van der Waals surface area contributed by atoms with E-state index in [1.165, 1.54) is 36.9 Å². The molecule has 1 aromatic rings. The molecule has 0 bridgehead atoms. The molecule has 0 aromatic carbocycles. The Morgan fingerprint density at radius 1 is 1.21 bits per heavy atom. The first-order valence-electron chi connectivity index (χ1n) is 5.50. The summed E-state index contributed by atoms with van der Waals surface area (Å²) in [6.45, 7) is 1.98. The van der Waals surface area contributed by atoms with Gasteiger partial charge in [0.25, 0.3) is 0 Å². The van der Waals surface area contributed by atoms with Gasteiger partial charge in [0, 0.05) is 24.8 Å². The third-order valence-electron chi connectivity index (χ3n) is 3.13. The minimum Gasteiger partial charge on any atom is -0.473 e. The van der Waals surface area contributed by atoms with Crippen LogP contribution in [0.5, 0.6) is 5.88 Å². The first-order chi connectivity index (χ1) is 6.92. The number of rotatable bonds is 2. The van der Waals surface area contributed by atoms with Gasteiger partial charge in [-0.05, 0) is 31.2 Å². The van der Waals surface area contributed by atoms with Crippen molar-refractivity contribution in [2.75, 3.05) is 13.1 Å². The van der Waals surface area contributed by atoms with Crippen LogP contribution in [0.4, 0.5) is 0 Å². The number of fused-ring (bicyclic) bond motifs is 1. The highest BCUT2D eigenvalue weighted by Gasteiger charge is 2.20. The third kappa shape index (κ3) is 1.42. The Morgan fingerprint density at radius 2 is 2.07 bits per heavy atom. The van der Waals surface area contributed by atoms with Crippen LogP contribution in [0.3, 0.4) is 0 Å². The van der Waals surface area contributed by atoms with Gasteiger partial charge >= 0.3 is 0 Å². The standard InChI is InChI=1S/C11H16N2O/c1-2-4-10-8(3-1)5-11(13-10)14-9-6-12-7-9/h5,9,12-13H,1-4,6-7H2. The highest BCUT2D eigenvalue weighted by atomic mass is 16.5. The molecule has 1 saturated heterocycles. The van der Waals surface area contributed by atoms with Crippen molar-refractivity contribution in [2.24, 2.45) is 0 Å².